The van der Waals surface area contributed by atoms with Gasteiger partial charge in [-0.1, -0.05) is 23.7 Å². The van der Waals surface area contributed by atoms with Crippen molar-refractivity contribution in [2.24, 2.45) is 0 Å². The Bertz CT molecular complexity index is 1280. The summed E-state index contributed by atoms with van der Waals surface area (Å²) in [5.74, 6) is -1.95. The highest BCUT2D eigenvalue weighted by molar-refractivity contribution is 7.90. The van der Waals surface area contributed by atoms with Crippen LogP contribution in [0.3, 0.4) is 0 Å². The summed E-state index contributed by atoms with van der Waals surface area (Å²) in [6.45, 7) is 3.06. The van der Waals surface area contributed by atoms with Crippen LogP contribution in [0.2, 0.25) is 5.02 Å². The minimum absolute atomic E-state index is 0.143. The Labute approximate surface area is 182 Å². The molecule has 0 saturated heterocycles. The Balaban J connectivity index is 1.87. The number of aryl methyl sites for hydroxylation is 1. The number of ether oxygens (including phenoxy) is 1. The molecule has 0 unspecified atom stereocenters. The van der Waals surface area contributed by atoms with Gasteiger partial charge < -0.3 is 4.74 Å². The number of carbonyl (C=O) groups is 2. The summed E-state index contributed by atoms with van der Waals surface area (Å²) >= 11 is 5.98. The maximum absolute atomic E-state index is 13.0. The number of hydrogen-bond donors (Lipinski definition) is 0. The number of Topliss-reactive ketones (excluding diaryl/α,β-unsaturated/α-hetero) is 1. The van der Waals surface area contributed by atoms with Crippen molar-refractivity contribution >= 4 is 33.2 Å². The van der Waals surface area contributed by atoms with Gasteiger partial charge >= 0.3 is 5.97 Å². The van der Waals surface area contributed by atoms with Crippen molar-refractivity contribution in [1.82, 2.24) is 9.97 Å². The van der Waals surface area contributed by atoms with Gasteiger partial charge in [-0.3, -0.25) is 4.79 Å². The lowest BCUT2D eigenvalue weighted by molar-refractivity contribution is 0.0726. The maximum Gasteiger partial charge on any atom is 0.364 e. The zero-order chi connectivity index (χ0) is 22.8. The van der Waals surface area contributed by atoms with Crippen molar-refractivity contribution in [1.29, 1.82) is 0 Å². The van der Waals surface area contributed by atoms with Crippen LogP contribution in [0.4, 0.5) is 4.39 Å². The molecule has 0 atom stereocenters. The van der Waals surface area contributed by atoms with Crippen molar-refractivity contribution in [3.8, 4) is 5.75 Å². The van der Waals surface area contributed by atoms with Crippen molar-refractivity contribution in [2.75, 3.05) is 0 Å². The highest BCUT2D eigenvalue weighted by Crippen LogP contribution is 2.23. The molecule has 0 aliphatic rings. The molecule has 3 rings (SSSR count). The number of sulfone groups is 1. The molecule has 160 valence electrons. The van der Waals surface area contributed by atoms with E-state index in [-0.39, 0.29) is 16.6 Å². The molecule has 1 aromatic heterocycles. The van der Waals surface area contributed by atoms with Crippen LogP contribution in [0.25, 0.3) is 0 Å². The fourth-order valence-corrected chi connectivity index (χ4v) is 4.01. The predicted molar refractivity (Wildman–Crippen MR) is 110 cm³/mol. The first-order chi connectivity index (χ1) is 14.6. The zero-order valence-electron chi connectivity index (χ0n) is 16.4. The van der Waals surface area contributed by atoms with Gasteiger partial charge in [0, 0.05) is 5.56 Å². The van der Waals surface area contributed by atoms with Crippen molar-refractivity contribution in [3.05, 3.63) is 81.9 Å². The summed E-state index contributed by atoms with van der Waals surface area (Å²) in [5.41, 5.74) is 0.872. The quantitative estimate of drug-likeness (QED) is 0.236. The highest BCUT2D eigenvalue weighted by Gasteiger charge is 2.24. The Morgan fingerprint density at radius 2 is 1.81 bits per heavy atom. The summed E-state index contributed by atoms with van der Waals surface area (Å²) in [4.78, 5) is 31.5. The third-order valence-corrected chi connectivity index (χ3v) is 5.99. The molecule has 0 bridgehead atoms. The standard InChI is InChI=1S/C21H16ClFN2O5S/c1-12-9-15(13(2)26)5-8-18(12)30-20(27)19-17(22)10-24-21(25-19)31(28,29)11-14-3-6-16(23)7-4-14/h3-10H,11H2,1-2H3. The van der Waals surface area contributed by atoms with Crippen LogP contribution in [0.5, 0.6) is 5.75 Å². The predicted octanol–water partition coefficient (Wildman–Crippen LogP) is 3.97. The summed E-state index contributed by atoms with van der Waals surface area (Å²) in [7, 11) is -4.04. The molecule has 0 aliphatic carbocycles. The van der Waals surface area contributed by atoms with Crippen molar-refractivity contribution in [3.63, 3.8) is 0 Å². The second kappa shape index (κ2) is 8.91. The molecule has 0 radical (unpaired) electrons. The van der Waals surface area contributed by atoms with E-state index >= 15 is 0 Å². The van der Waals surface area contributed by atoms with Gasteiger partial charge in [0.1, 0.15) is 11.6 Å². The van der Waals surface area contributed by atoms with Crippen LogP contribution in [0.15, 0.2) is 53.8 Å². The van der Waals surface area contributed by atoms with E-state index in [1.54, 1.807) is 13.0 Å². The average Bonchev–Trinajstić information content (AvgIpc) is 2.71. The number of hydrogen-bond acceptors (Lipinski definition) is 7. The van der Waals surface area contributed by atoms with E-state index in [1.165, 1.54) is 31.2 Å². The van der Waals surface area contributed by atoms with Gasteiger partial charge in [0.05, 0.1) is 17.0 Å². The van der Waals surface area contributed by atoms with Crippen LogP contribution in [-0.2, 0) is 15.6 Å². The number of esters is 1. The molecule has 0 amide bonds. The van der Waals surface area contributed by atoms with E-state index in [1.807, 2.05) is 0 Å². The van der Waals surface area contributed by atoms with Gasteiger partial charge in [0.2, 0.25) is 15.0 Å². The molecule has 3 aromatic rings. The van der Waals surface area contributed by atoms with Gasteiger partial charge in [-0.25, -0.2) is 27.6 Å². The Hall–Kier alpha value is -3.17. The number of rotatable bonds is 6. The summed E-state index contributed by atoms with van der Waals surface area (Å²) in [6.07, 6.45) is 0.994. The van der Waals surface area contributed by atoms with Crippen LogP contribution in [0, 0.1) is 12.7 Å². The van der Waals surface area contributed by atoms with Crippen molar-refractivity contribution in [2.45, 2.75) is 24.8 Å². The highest BCUT2D eigenvalue weighted by atomic mass is 35.5. The molecular weight excluding hydrogens is 447 g/mol. The number of ketones is 1. The van der Waals surface area contributed by atoms with Gasteiger partial charge in [-0.15, -0.1) is 0 Å². The average molecular weight is 463 g/mol. The SMILES string of the molecule is CC(=O)c1ccc(OC(=O)c2nc(S(=O)(=O)Cc3ccc(F)cc3)ncc2Cl)c(C)c1. The van der Waals surface area contributed by atoms with Crippen LogP contribution < -0.4 is 4.74 Å². The zero-order valence-corrected chi connectivity index (χ0v) is 18.0. The smallest absolute Gasteiger partial charge is 0.364 e. The van der Waals surface area contributed by atoms with Gasteiger partial charge in [-0.2, -0.15) is 0 Å². The summed E-state index contributed by atoms with van der Waals surface area (Å²) in [6, 6.07) is 9.43. The molecule has 0 saturated carbocycles. The number of benzene rings is 2. The molecule has 0 fully saturated rings. The lowest BCUT2D eigenvalue weighted by Gasteiger charge is -2.10. The van der Waals surface area contributed by atoms with Gasteiger partial charge in [0.25, 0.3) is 0 Å². The summed E-state index contributed by atoms with van der Waals surface area (Å²) < 4.78 is 43.6. The molecular formula is C21H16ClFN2O5S. The second-order valence-corrected chi connectivity index (χ2v) is 8.95. The van der Waals surface area contributed by atoms with Crippen molar-refractivity contribution < 1.29 is 27.1 Å². The first kappa shape index (κ1) is 22.5. The molecule has 0 aliphatic heterocycles. The number of aromatic nitrogens is 2. The lowest BCUT2D eigenvalue weighted by atomic mass is 10.1. The number of halogens is 2. The number of nitrogens with zero attached hydrogens (tertiary/aromatic N) is 2. The van der Waals surface area contributed by atoms with E-state index in [9.17, 15) is 22.4 Å². The molecule has 2 aromatic carbocycles. The van der Waals surface area contributed by atoms with E-state index < -0.39 is 38.2 Å². The molecule has 1 heterocycles. The first-order valence-electron chi connectivity index (χ1n) is 8.90. The van der Waals surface area contributed by atoms with E-state index in [4.69, 9.17) is 16.3 Å². The first-order valence-corrected chi connectivity index (χ1v) is 10.9. The largest absolute Gasteiger partial charge is 0.421 e. The minimum atomic E-state index is -4.04. The molecule has 7 nitrogen and oxygen atoms in total. The van der Waals surface area contributed by atoms with E-state index in [2.05, 4.69) is 9.97 Å². The fourth-order valence-electron chi connectivity index (χ4n) is 2.64. The molecule has 0 N–H and O–H groups in total. The third-order valence-electron chi connectivity index (χ3n) is 4.25. The Morgan fingerprint density at radius 1 is 1.13 bits per heavy atom. The monoisotopic (exact) mass is 462 g/mol. The fraction of sp³-hybridized carbons (Fsp3) is 0.143. The van der Waals surface area contributed by atoms with Crippen LogP contribution in [-0.4, -0.2) is 30.1 Å². The molecule has 10 heteroatoms. The Kier molecular flexibility index (Phi) is 6.47. The van der Waals surface area contributed by atoms with Gasteiger partial charge in [0.15, 0.2) is 11.5 Å². The van der Waals surface area contributed by atoms with Crippen LogP contribution >= 0.6 is 11.6 Å². The lowest BCUT2D eigenvalue weighted by Crippen LogP contribution is -2.17. The maximum atomic E-state index is 13.0. The van der Waals surface area contributed by atoms with E-state index in [0.29, 0.717) is 16.7 Å². The second-order valence-electron chi connectivity index (χ2n) is 6.66. The van der Waals surface area contributed by atoms with Gasteiger partial charge in [-0.05, 0) is 55.3 Å². The number of carbonyl (C=O) groups excluding carboxylic acids is 2. The minimum Gasteiger partial charge on any atom is -0.421 e. The topological polar surface area (TPSA) is 103 Å². The normalized spacial score (nSPS) is 11.2. The van der Waals surface area contributed by atoms with Crippen LogP contribution in [0.1, 0.15) is 38.9 Å². The Morgan fingerprint density at radius 3 is 2.42 bits per heavy atom. The summed E-state index contributed by atoms with van der Waals surface area (Å²) in [5, 5.41) is -0.805. The van der Waals surface area contributed by atoms with E-state index in [0.717, 1.165) is 18.3 Å². The third kappa shape index (κ3) is 5.31. The molecule has 0 spiro atoms. The molecule has 31 heavy (non-hydrogen) atoms.